The second-order valence-corrected chi connectivity index (χ2v) is 18.3. The molecule has 1 aromatic heterocycles. The Hall–Kier alpha value is -5.98. The van der Waals surface area contributed by atoms with Crippen molar-refractivity contribution >= 4 is 23.8 Å². The van der Waals surface area contributed by atoms with Gasteiger partial charge in [0, 0.05) is 24.2 Å². The van der Waals surface area contributed by atoms with Crippen molar-refractivity contribution in [3.63, 3.8) is 0 Å². The van der Waals surface area contributed by atoms with Crippen molar-refractivity contribution in [3.8, 4) is 5.75 Å². The maximum absolute atomic E-state index is 14.9. The molecular weight excluding hydrogens is 863 g/mol. The Morgan fingerprint density at radius 1 is 0.896 bits per heavy atom. The van der Waals surface area contributed by atoms with Crippen LogP contribution >= 0.6 is 0 Å². The molecule has 3 aliphatic heterocycles. The molecule has 0 spiro atoms. The van der Waals surface area contributed by atoms with Crippen molar-refractivity contribution < 1.29 is 57.4 Å². The minimum atomic E-state index is -2.15. The number of hydrogen-bond acceptors (Lipinski definition) is 14. The zero-order valence-electron chi connectivity index (χ0n) is 38.8. The van der Waals surface area contributed by atoms with Gasteiger partial charge in [0.25, 0.3) is 11.7 Å². The molecule has 4 heterocycles. The van der Waals surface area contributed by atoms with E-state index in [0.717, 1.165) is 36.9 Å². The number of aryl methyl sites for hydroxylation is 2. The number of benzene rings is 3. The Morgan fingerprint density at radius 2 is 1.58 bits per heavy atom. The molecule has 356 valence electrons. The molecule has 0 radical (unpaired) electrons. The average Bonchev–Trinajstić information content (AvgIpc) is 3.92. The largest absolute Gasteiger partial charge is 0.510 e. The van der Waals surface area contributed by atoms with Gasteiger partial charge in [-0.1, -0.05) is 73.0 Å². The monoisotopic (exact) mass is 921 g/mol. The Morgan fingerprint density at radius 3 is 2.27 bits per heavy atom. The van der Waals surface area contributed by atoms with Crippen LogP contribution in [0, 0.1) is 13.8 Å². The van der Waals surface area contributed by atoms with Gasteiger partial charge < -0.3 is 43.6 Å². The standard InChI is InChI=1S/C50H59N5O12/c1-31-24-36(25-32(2)41(31)64-46(59)35-20-14-9-15-21-35)45(58)51-30-49(5)44-43(65-48(3,4)67-49)42-40(55(44)39(57)28-54-27-37(52-53-54)34-18-12-8-13-19-34)38(56)26-50(66-42,47(60)61-6)63-23-22-62-29-33-16-10-7-11-17-33/h7,9-11,14-17,20-21,24-25,27,34,42-44,56H,8,12-13,18-19,22-23,26,28-30H2,1-6H3,(H,51,58)/t42?,43-,44?,49-,50+/m0/s1. The Labute approximate surface area is 389 Å². The van der Waals surface area contributed by atoms with E-state index in [1.807, 2.05) is 30.3 Å². The number of hydrogen-bond donors (Lipinski definition) is 2. The number of ether oxygens (including phenoxy) is 7. The SMILES string of the molecule is COC(=O)[C@@]1(OCCOCc2ccccc2)CC(O)=C2C(O1)[C@@H]1OC(C)(C)O[C@@](C)(CNC(=O)c3cc(C)c(OC(=O)c4ccccc4)c(C)c3)C1N2C(=O)Cn1cc(C2CCCCC2)nn1. The van der Waals surface area contributed by atoms with E-state index in [0.29, 0.717) is 34.6 Å². The van der Waals surface area contributed by atoms with Gasteiger partial charge >= 0.3 is 11.9 Å². The summed E-state index contributed by atoms with van der Waals surface area (Å²) >= 11 is 0. The van der Waals surface area contributed by atoms with Crippen molar-refractivity contribution in [1.82, 2.24) is 25.2 Å². The van der Waals surface area contributed by atoms with Gasteiger partial charge in [-0.3, -0.25) is 14.5 Å². The van der Waals surface area contributed by atoms with Crippen molar-refractivity contribution in [2.45, 2.75) is 128 Å². The van der Waals surface area contributed by atoms with Gasteiger partial charge in [0.1, 0.15) is 35.9 Å². The Balaban J connectivity index is 1.08. The molecule has 2 amide bonds. The highest BCUT2D eigenvalue weighted by Gasteiger charge is 2.67. The smallest absolute Gasteiger partial charge is 0.367 e. The van der Waals surface area contributed by atoms with Crippen LogP contribution in [0.5, 0.6) is 5.75 Å². The predicted octanol–water partition coefficient (Wildman–Crippen LogP) is 6.37. The highest BCUT2D eigenvalue weighted by atomic mass is 16.8. The fourth-order valence-electron chi connectivity index (χ4n) is 9.86. The zero-order chi connectivity index (χ0) is 47.5. The molecule has 2 saturated heterocycles. The third kappa shape index (κ3) is 10.2. The fraction of sp³-hybridized carbons (Fsp3) is 0.480. The maximum atomic E-state index is 14.9. The molecule has 17 nitrogen and oxygen atoms in total. The van der Waals surface area contributed by atoms with Crippen LogP contribution in [0.4, 0.5) is 0 Å². The number of aliphatic hydroxyl groups excluding tert-OH is 1. The average molecular weight is 922 g/mol. The van der Waals surface area contributed by atoms with Crippen molar-refractivity contribution in [2.75, 3.05) is 26.9 Å². The Kier molecular flexibility index (Phi) is 14.0. The summed E-state index contributed by atoms with van der Waals surface area (Å²) in [6, 6.07) is 20.4. The molecule has 1 saturated carbocycles. The van der Waals surface area contributed by atoms with Crippen molar-refractivity contribution in [2.24, 2.45) is 0 Å². The summed E-state index contributed by atoms with van der Waals surface area (Å²) in [7, 11) is 1.19. The molecule has 1 aliphatic carbocycles. The third-order valence-corrected chi connectivity index (χ3v) is 12.8. The normalized spacial score (nSPS) is 24.7. The molecule has 67 heavy (non-hydrogen) atoms. The quantitative estimate of drug-likeness (QED) is 0.0757. The molecule has 17 heteroatoms. The first-order chi connectivity index (χ1) is 32.1. The van der Waals surface area contributed by atoms with Crippen LogP contribution in [0.15, 0.2) is 90.4 Å². The number of fused-ring (bicyclic) bond motifs is 3. The minimum Gasteiger partial charge on any atom is -0.510 e. The van der Waals surface area contributed by atoms with Crippen LogP contribution < -0.4 is 10.1 Å². The molecule has 4 aromatic rings. The van der Waals surface area contributed by atoms with E-state index in [4.69, 9.17) is 33.2 Å². The summed E-state index contributed by atoms with van der Waals surface area (Å²) in [5, 5.41) is 23.9. The molecule has 2 N–H and O–H groups in total. The molecule has 5 atom stereocenters. The topological polar surface area (TPSA) is 199 Å². The maximum Gasteiger partial charge on any atom is 0.367 e. The highest BCUT2D eigenvalue weighted by Crippen LogP contribution is 2.51. The number of rotatable bonds is 15. The van der Waals surface area contributed by atoms with E-state index in [-0.39, 0.29) is 43.7 Å². The molecule has 3 fully saturated rings. The number of likely N-dealkylation sites (tertiary alicyclic amines) is 1. The number of aromatic nitrogens is 3. The van der Waals surface area contributed by atoms with Crippen LogP contribution in [0.1, 0.15) is 108 Å². The van der Waals surface area contributed by atoms with Crippen LogP contribution in [0.25, 0.3) is 0 Å². The summed E-state index contributed by atoms with van der Waals surface area (Å²) in [5.41, 5.74) is 2.22. The molecule has 3 aromatic carbocycles. The number of nitrogens with zero attached hydrogens (tertiary/aromatic N) is 4. The van der Waals surface area contributed by atoms with Crippen LogP contribution in [0.3, 0.4) is 0 Å². The second kappa shape index (κ2) is 19.7. The van der Waals surface area contributed by atoms with Gasteiger partial charge in [-0.15, -0.1) is 5.10 Å². The molecular formula is C50H59N5O12. The number of aliphatic hydroxyl groups is 1. The van der Waals surface area contributed by atoms with Gasteiger partial charge in [0.05, 0.1) is 56.3 Å². The Bertz CT molecular complexity index is 2470. The first-order valence-electron chi connectivity index (χ1n) is 22.8. The van der Waals surface area contributed by atoms with E-state index in [1.165, 1.54) is 23.1 Å². The summed E-state index contributed by atoms with van der Waals surface area (Å²) in [6.07, 6.45) is 4.28. The molecule has 4 aliphatic rings. The summed E-state index contributed by atoms with van der Waals surface area (Å²) in [6.45, 7) is 8.48. The first-order valence-corrected chi connectivity index (χ1v) is 22.8. The first kappa shape index (κ1) is 47.5. The molecule has 8 rings (SSSR count). The number of carbonyl (C=O) groups is 4. The predicted molar refractivity (Wildman–Crippen MR) is 241 cm³/mol. The molecule has 0 bridgehead atoms. The number of amides is 2. The highest BCUT2D eigenvalue weighted by molar-refractivity contribution is 5.96. The number of esters is 2. The van der Waals surface area contributed by atoms with E-state index in [1.54, 1.807) is 83.3 Å². The number of nitrogens with one attached hydrogen (secondary N) is 1. The van der Waals surface area contributed by atoms with Crippen molar-refractivity contribution in [1.29, 1.82) is 0 Å². The lowest BCUT2D eigenvalue weighted by atomic mass is 9.87. The van der Waals surface area contributed by atoms with E-state index in [9.17, 15) is 24.3 Å². The van der Waals surface area contributed by atoms with E-state index in [2.05, 4.69) is 15.6 Å². The van der Waals surface area contributed by atoms with E-state index < -0.39 is 65.6 Å². The third-order valence-electron chi connectivity index (χ3n) is 12.8. The zero-order valence-corrected chi connectivity index (χ0v) is 38.8. The van der Waals surface area contributed by atoms with Crippen molar-refractivity contribution in [3.05, 3.63) is 124 Å². The fourth-order valence-corrected chi connectivity index (χ4v) is 9.86. The lowest BCUT2D eigenvalue weighted by Crippen LogP contribution is -2.68. The van der Waals surface area contributed by atoms with E-state index >= 15 is 0 Å². The van der Waals surface area contributed by atoms with Crippen LogP contribution in [0.2, 0.25) is 0 Å². The van der Waals surface area contributed by atoms with Gasteiger partial charge in [0.15, 0.2) is 5.79 Å². The summed E-state index contributed by atoms with van der Waals surface area (Å²) in [5.74, 6) is -5.67. The lowest BCUT2D eigenvalue weighted by molar-refractivity contribution is -0.356. The minimum absolute atomic E-state index is 0.0572. The van der Waals surface area contributed by atoms with Gasteiger partial charge in [0.2, 0.25) is 5.91 Å². The van der Waals surface area contributed by atoms with Crippen LogP contribution in [-0.2, 0) is 51.2 Å². The molecule has 2 unspecified atom stereocenters. The van der Waals surface area contributed by atoms with Gasteiger partial charge in [-0.05, 0) is 88.4 Å². The van der Waals surface area contributed by atoms with Gasteiger partial charge in [-0.2, -0.15) is 0 Å². The second-order valence-electron chi connectivity index (χ2n) is 18.3. The van der Waals surface area contributed by atoms with Gasteiger partial charge in [-0.25, -0.2) is 14.3 Å². The van der Waals surface area contributed by atoms with Crippen LogP contribution in [-0.4, -0.2) is 111 Å². The number of carbonyl (C=O) groups excluding carboxylic acids is 4. The lowest BCUT2D eigenvalue weighted by Gasteiger charge is -2.51. The summed E-state index contributed by atoms with van der Waals surface area (Å²) < 4.78 is 44.4. The number of methoxy groups -OCH3 is 1. The summed E-state index contributed by atoms with van der Waals surface area (Å²) in [4.78, 5) is 57.1.